The molecule has 20 heavy (non-hydrogen) atoms. The van der Waals surface area contributed by atoms with Gasteiger partial charge in [0.2, 0.25) is 0 Å². The van der Waals surface area contributed by atoms with Gasteiger partial charge < -0.3 is 9.64 Å². The molecule has 0 aromatic carbocycles. The van der Waals surface area contributed by atoms with Gasteiger partial charge in [0.1, 0.15) is 12.4 Å². The lowest BCUT2D eigenvalue weighted by Crippen LogP contribution is -2.46. The third-order valence-electron chi connectivity index (χ3n) is 4.55. The number of methoxy groups -OCH3 is 1. The normalized spacial score (nSPS) is 29.2. The lowest BCUT2D eigenvalue weighted by molar-refractivity contribution is 0.177. The van der Waals surface area contributed by atoms with Crippen LogP contribution in [0.4, 0.5) is 5.82 Å². The first-order valence-electron chi connectivity index (χ1n) is 7.25. The molecule has 4 rings (SSSR count). The molecule has 1 aromatic rings. The Bertz CT molecular complexity index is 551. The predicted octanol–water partition coefficient (Wildman–Crippen LogP) is 2.22. The third kappa shape index (κ3) is 1.90. The minimum Gasteiger partial charge on any atom is -0.377 e. The SMILES string of the molecule is COCc1nc(C)cc(N2C3CCC2CC2(C3)N=N2)n1. The second-order valence-electron chi connectivity index (χ2n) is 6.10. The van der Waals surface area contributed by atoms with Gasteiger partial charge in [0.25, 0.3) is 0 Å². The molecule has 6 nitrogen and oxygen atoms in total. The fraction of sp³-hybridized carbons (Fsp3) is 0.714. The van der Waals surface area contributed by atoms with Gasteiger partial charge in [-0.2, -0.15) is 10.2 Å². The minimum absolute atomic E-state index is 0.0280. The van der Waals surface area contributed by atoms with Crippen molar-refractivity contribution in [3.8, 4) is 0 Å². The van der Waals surface area contributed by atoms with Crippen LogP contribution in [0.2, 0.25) is 0 Å². The molecule has 2 fully saturated rings. The summed E-state index contributed by atoms with van der Waals surface area (Å²) in [4.78, 5) is 11.6. The van der Waals surface area contributed by atoms with Gasteiger partial charge in [0.15, 0.2) is 11.5 Å². The quantitative estimate of drug-likeness (QED) is 0.847. The van der Waals surface area contributed by atoms with Gasteiger partial charge in [-0.25, -0.2) is 9.97 Å². The smallest absolute Gasteiger partial charge is 0.194 e. The van der Waals surface area contributed by atoms with Crippen molar-refractivity contribution in [2.75, 3.05) is 12.0 Å². The Labute approximate surface area is 118 Å². The average molecular weight is 273 g/mol. The summed E-state index contributed by atoms with van der Waals surface area (Å²) in [6, 6.07) is 3.13. The van der Waals surface area contributed by atoms with Gasteiger partial charge in [0.05, 0.1) is 0 Å². The highest BCUT2D eigenvalue weighted by atomic mass is 16.5. The Kier molecular flexibility index (Phi) is 2.57. The molecule has 2 saturated heterocycles. The lowest BCUT2D eigenvalue weighted by atomic mass is 9.94. The largest absolute Gasteiger partial charge is 0.377 e. The molecule has 0 aliphatic carbocycles. The maximum Gasteiger partial charge on any atom is 0.194 e. The Morgan fingerprint density at radius 1 is 1.25 bits per heavy atom. The highest BCUT2D eigenvalue weighted by Crippen LogP contribution is 2.50. The van der Waals surface area contributed by atoms with E-state index in [0.717, 1.165) is 30.2 Å². The first kappa shape index (κ1) is 12.2. The number of ether oxygens (including phenoxy) is 1. The zero-order valence-corrected chi connectivity index (χ0v) is 11.9. The molecule has 0 radical (unpaired) electrons. The highest BCUT2D eigenvalue weighted by Gasteiger charge is 2.54. The van der Waals surface area contributed by atoms with Gasteiger partial charge in [-0.3, -0.25) is 0 Å². The van der Waals surface area contributed by atoms with E-state index in [1.54, 1.807) is 7.11 Å². The van der Waals surface area contributed by atoms with Crippen LogP contribution >= 0.6 is 0 Å². The van der Waals surface area contributed by atoms with E-state index in [1.807, 2.05) is 6.92 Å². The summed E-state index contributed by atoms with van der Waals surface area (Å²) in [5, 5.41) is 8.54. The summed E-state index contributed by atoms with van der Waals surface area (Å²) in [7, 11) is 1.68. The first-order chi connectivity index (χ1) is 9.69. The van der Waals surface area contributed by atoms with E-state index < -0.39 is 0 Å². The standard InChI is InChI=1S/C14H19N5O/c1-9-5-13(16-12(15-9)8-20-2)19-10-3-4-11(19)7-14(6-10)17-18-14/h5,10-11H,3-4,6-8H2,1-2H3. The zero-order valence-electron chi connectivity index (χ0n) is 11.9. The van der Waals surface area contributed by atoms with E-state index in [2.05, 4.69) is 31.2 Å². The molecule has 0 saturated carbocycles. The summed E-state index contributed by atoms with van der Waals surface area (Å²) < 4.78 is 5.16. The van der Waals surface area contributed by atoms with Crippen molar-refractivity contribution in [1.29, 1.82) is 0 Å². The molecule has 3 aliphatic rings. The van der Waals surface area contributed by atoms with E-state index in [0.29, 0.717) is 18.7 Å². The van der Waals surface area contributed by atoms with Gasteiger partial charge in [-0.05, 0) is 19.8 Å². The summed E-state index contributed by atoms with van der Waals surface area (Å²) in [6.07, 6.45) is 4.54. The Hall–Kier alpha value is -1.56. The molecule has 2 unspecified atom stereocenters. The summed E-state index contributed by atoms with van der Waals surface area (Å²) >= 11 is 0. The molecule has 3 aliphatic heterocycles. The van der Waals surface area contributed by atoms with Crippen LogP contribution in [0.5, 0.6) is 0 Å². The number of piperidine rings is 1. The summed E-state index contributed by atoms with van der Waals surface area (Å²) in [6.45, 7) is 2.48. The Balaban J connectivity index is 1.64. The number of fused-ring (bicyclic) bond motifs is 2. The predicted molar refractivity (Wildman–Crippen MR) is 73.6 cm³/mol. The van der Waals surface area contributed by atoms with Crippen LogP contribution in [0.1, 0.15) is 37.2 Å². The molecule has 0 amide bonds. The monoisotopic (exact) mass is 273 g/mol. The number of aryl methyl sites for hydroxylation is 1. The van der Waals surface area contributed by atoms with E-state index >= 15 is 0 Å². The molecular formula is C14H19N5O. The first-order valence-corrected chi connectivity index (χ1v) is 7.25. The average Bonchev–Trinajstić information content (AvgIpc) is 3.08. The number of anilines is 1. The molecule has 6 heteroatoms. The third-order valence-corrected chi connectivity index (χ3v) is 4.55. The number of nitrogens with zero attached hydrogens (tertiary/aromatic N) is 5. The fourth-order valence-corrected chi connectivity index (χ4v) is 3.75. The molecule has 2 bridgehead atoms. The second-order valence-corrected chi connectivity index (χ2v) is 6.10. The number of hydrogen-bond acceptors (Lipinski definition) is 6. The summed E-state index contributed by atoms with van der Waals surface area (Å²) in [5.74, 6) is 1.82. The fourth-order valence-electron chi connectivity index (χ4n) is 3.75. The van der Waals surface area contributed by atoms with Crippen molar-refractivity contribution in [2.24, 2.45) is 10.2 Å². The van der Waals surface area contributed by atoms with Crippen LogP contribution in [-0.2, 0) is 11.3 Å². The van der Waals surface area contributed by atoms with Gasteiger partial charge in [0, 0.05) is 43.8 Å². The van der Waals surface area contributed by atoms with E-state index in [9.17, 15) is 0 Å². The summed E-state index contributed by atoms with van der Waals surface area (Å²) in [5.41, 5.74) is 0.974. The van der Waals surface area contributed by atoms with Crippen molar-refractivity contribution in [2.45, 2.75) is 57.0 Å². The zero-order chi connectivity index (χ0) is 13.7. The van der Waals surface area contributed by atoms with Crippen molar-refractivity contribution < 1.29 is 4.74 Å². The van der Waals surface area contributed by atoms with Gasteiger partial charge in [-0.1, -0.05) is 0 Å². The minimum atomic E-state index is -0.0280. The lowest BCUT2D eigenvalue weighted by Gasteiger charge is -2.38. The maximum atomic E-state index is 5.16. The molecule has 1 aromatic heterocycles. The van der Waals surface area contributed by atoms with Crippen LogP contribution in [0.3, 0.4) is 0 Å². The molecule has 0 N–H and O–H groups in total. The number of rotatable bonds is 3. The van der Waals surface area contributed by atoms with Crippen molar-refractivity contribution >= 4 is 5.82 Å². The van der Waals surface area contributed by atoms with E-state index in [-0.39, 0.29) is 5.66 Å². The second kappa shape index (κ2) is 4.22. The molecule has 1 spiro atoms. The van der Waals surface area contributed by atoms with Crippen LogP contribution in [0.15, 0.2) is 16.3 Å². The van der Waals surface area contributed by atoms with Crippen molar-refractivity contribution in [3.63, 3.8) is 0 Å². The molecule has 4 heterocycles. The van der Waals surface area contributed by atoms with Crippen LogP contribution in [-0.4, -0.2) is 34.8 Å². The number of aromatic nitrogens is 2. The van der Waals surface area contributed by atoms with Crippen LogP contribution in [0, 0.1) is 6.92 Å². The molecule has 106 valence electrons. The highest BCUT2D eigenvalue weighted by molar-refractivity contribution is 5.46. The van der Waals surface area contributed by atoms with Gasteiger partial charge in [-0.15, -0.1) is 0 Å². The molecular weight excluding hydrogens is 254 g/mol. The van der Waals surface area contributed by atoms with E-state index in [1.165, 1.54) is 12.8 Å². The maximum absolute atomic E-state index is 5.16. The van der Waals surface area contributed by atoms with Crippen LogP contribution in [0.25, 0.3) is 0 Å². The number of hydrogen-bond donors (Lipinski definition) is 0. The van der Waals surface area contributed by atoms with Crippen molar-refractivity contribution in [1.82, 2.24) is 9.97 Å². The van der Waals surface area contributed by atoms with Gasteiger partial charge >= 0.3 is 0 Å². The molecule has 2 atom stereocenters. The topological polar surface area (TPSA) is 63.0 Å². The van der Waals surface area contributed by atoms with Crippen LogP contribution < -0.4 is 4.90 Å². The van der Waals surface area contributed by atoms with Crippen molar-refractivity contribution in [3.05, 3.63) is 17.6 Å². The Morgan fingerprint density at radius 2 is 1.95 bits per heavy atom. The Morgan fingerprint density at radius 3 is 2.55 bits per heavy atom. The van der Waals surface area contributed by atoms with E-state index in [4.69, 9.17) is 4.74 Å².